The largest absolute Gasteiger partial charge is 0.481 e. The molecule has 88 valence electrons. The van der Waals surface area contributed by atoms with Gasteiger partial charge in [-0.25, -0.2) is 0 Å². The van der Waals surface area contributed by atoms with E-state index in [-0.39, 0.29) is 17.7 Å². The smallest absolute Gasteiger partial charge is 0.306 e. The summed E-state index contributed by atoms with van der Waals surface area (Å²) in [5, 5.41) is 8.85. The summed E-state index contributed by atoms with van der Waals surface area (Å²) in [5.41, 5.74) is 0. The number of carboxylic acids is 1. The minimum atomic E-state index is -0.796. The molecule has 1 rings (SSSR count). The molecule has 0 saturated heterocycles. The lowest BCUT2D eigenvalue weighted by Crippen LogP contribution is -2.35. The predicted octanol–water partition coefficient (Wildman–Crippen LogP) is 0.969. The first-order valence-electron chi connectivity index (χ1n) is 5.55. The summed E-state index contributed by atoms with van der Waals surface area (Å²) < 4.78 is 0. The maximum atomic E-state index is 12.0. The highest BCUT2D eigenvalue weighted by Gasteiger charge is 2.35. The van der Waals surface area contributed by atoms with Crippen LogP contribution in [0.1, 0.15) is 26.2 Å². The molecule has 0 radical (unpaired) electrons. The third-order valence-corrected chi connectivity index (χ3v) is 3.11. The zero-order valence-electron chi connectivity index (χ0n) is 9.48. The van der Waals surface area contributed by atoms with Gasteiger partial charge in [0.2, 0.25) is 5.91 Å². The average Bonchev–Trinajstić information content (AvgIpc) is 2.74. The van der Waals surface area contributed by atoms with Crippen molar-refractivity contribution in [2.75, 3.05) is 13.1 Å². The average molecular weight is 223 g/mol. The van der Waals surface area contributed by atoms with Crippen molar-refractivity contribution >= 4 is 11.9 Å². The monoisotopic (exact) mass is 223 g/mol. The predicted molar refractivity (Wildman–Crippen MR) is 59.6 cm³/mol. The molecule has 1 aliphatic carbocycles. The Morgan fingerprint density at radius 1 is 1.44 bits per heavy atom. The number of aliphatic carboxylic acids is 1. The zero-order valence-corrected chi connectivity index (χ0v) is 9.48. The van der Waals surface area contributed by atoms with Crippen LogP contribution in [0.5, 0.6) is 0 Å². The van der Waals surface area contributed by atoms with E-state index < -0.39 is 5.97 Å². The van der Waals surface area contributed by atoms with Crippen LogP contribution in [-0.2, 0) is 9.59 Å². The van der Waals surface area contributed by atoms with Gasteiger partial charge in [0.05, 0.1) is 12.5 Å². The van der Waals surface area contributed by atoms with Crippen LogP contribution in [0.4, 0.5) is 0 Å². The fourth-order valence-corrected chi connectivity index (χ4v) is 2.14. The molecule has 4 heteroatoms. The van der Waals surface area contributed by atoms with Crippen LogP contribution in [0.2, 0.25) is 0 Å². The van der Waals surface area contributed by atoms with Gasteiger partial charge in [0, 0.05) is 12.5 Å². The second kappa shape index (κ2) is 5.55. The topological polar surface area (TPSA) is 57.6 Å². The molecule has 2 atom stereocenters. The number of carboxylic acid groups (broad SMARTS) is 1. The summed E-state index contributed by atoms with van der Waals surface area (Å²) in [5.74, 6) is 1.13. The van der Waals surface area contributed by atoms with Gasteiger partial charge in [-0.05, 0) is 26.2 Å². The molecule has 0 aliphatic heterocycles. The number of amides is 1. The highest BCUT2D eigenvalue weighted by Crippen LogP contribution is 2.32. The Hall–Kier alpha value is -1.50. The summed E-state index contributed by atoms with van der Waals surface area (Å²) in [7, 11) is 0. The molecule has 1 amide bonds. The van der Waals surface area contributed by atoms with Crippen LogP contribution in [0, 0.1) is 24.2 Å². The minimum Gasteiger partial charge on any atom is -0.481 e. The van der Waals surface area contributed by atoms with Crippen molar-refractivity contribution in [2.45, 2.75) is 26.2 Å². The minimum absolute atomic E-state index is 0.00389. The van der Waals surface area contributed by atoms with Gasteiger partial charge in [0.25, 0.3) is 0 Å². The Bertz CT molecular complexity index is 319. The quantitative estimate of drug-likeness (QED) is 0.722. The highest BCUT2D eigenvalue weighted by atomic mass is 16.4. The van der Waals surface area contributed by atoms with Gasteiger partial charge in [0.1, 0.15) is 0 Å². The van der Waals surface area contributed by atoms with Crippen LogP contribution >= 0.6 is 0 Å². The summed E-state index contributed by atoms with van der Waals surface area (Å²) in [6.45, 7) is 2.76. The standard InChI is InChI=1S/C12H17NO3/c1-3-7-13(4-2)11(14)9-5-6-10(8-9)12(15)16/h1,9-10H,4-8H2,2H3,(H,15,16)/t9-,10+/m1/s1. The Morgan fingerprint density at radius 3 is 2.50 bits per heavy atom. The van der Waals surface area contributed by atoms with Gasteiger partial charge < -0.3 is 10.0 Å². The molecule has 1 N–H and O–H groups in total. The van der Waals surface area contributed by atoms with Crippen molar-refractivity contribution in [1.82, 2.24) is 4.90 Å². The van der Waals surface area contributed by atoms with E-state index in [0.29, 0.717) is 32.4 Å². The fourth-order valence-electron chi connectivity index (χ4n) is 2.14. The molecule has 0 spiro atoms. The molecule has 0 aromatic carbocycles. The van der Waals surface area contributed by atoms with Crippen LogP contribution in [-0.4, -0.2) is 35.0 Å². The maximum absolute atomic E-state index is 12.0. The van der Waals surface area contributed by atoms with Crippen molar-refractivity contribution in [3.8, 4) is 12.3 Å². The molecular formula is C12H17NO3. The van der Waals surface area contributed by atoms with Crippen LogP contribution in [0.15, 0.2) is 0 Å². The highest BCUT2D eigenvalue weighted by molar-refractivity contribution is 5.81. The first kappa shape index (κ1) is 12.6. The number of rotatable bonds is 4. The van der Waals surface area contributed by atoms with E-state index in [1.807, 2.05) is 6.92 Å². The summed E-state index contributed by atoms with van der Waals surface area (Å²) in [6, 6.07) is 0. The third-order valence-electron chi connectivity index (χ3n) is 3.11. The number of terminal acetylenes is 1. The first-order chi connectivity index (χ1) is 7.60. The van der Waals surface area contributed by atoms with E-state index in [2.05, 4.69) is 5.92 Å². The zero-order chi connectivity index (χ0) is 12.1. The Kier molecular flexibility index (Phi) is 4.36. The Balaban J connectivity index is 2.56. The molecule has 1 saturated carbocycles. The number of hydrogen-bond donors (Lipinski definition) is 1. The molecule has 16 heavy (non-hydrogen) atoms. The van der Waals surface area contributed by atoms with Crippen LogP contribution < -0.4 is 0 Å². The van der Waals surface area contributed by atoms with Crippen molar-refractivity contribution in [1.29, 1.82) is 0 Å². The van der Waals surface area contributed by atoms with Gasteiger partial charge in [-0.1, -0.05) is 5.92 Å². The molecule has 0 aromatic heterocycles. The van der Waals surface area contributed by atoms with E-state index in [1.54, 1.807) is 4.90 Å². The van der Waals surface area contributed by atoms with E-state index in [0.717, 1.165) is 0 Å². The summed E-state index contributed by atoms with van der Waals surface area (Å²) in [6.07, 6.45) is 6.89. The van der Waals surface area contributed by atoms with Gasteiger partial charge in [0.15, 0.2) is 0 Å². The van der Waals surface area contributed by atoms with E-state index >= 15 is 0 Å². The van der Waals surface area contributed by atoms with E-state index in [1.165, 1.54) is 0 Å². The molecule has 1 aliphatic rings. The Morgan fingerprint density at radius 2 is 2.06 bits per heavy atom. The molecule has 4 nitrogen and oxygen atoms in total. The molecule has 0 bridgehead atoms. The second-order valence-electron chi connectivity index (χ2n) is 4.10. The first-order valence-corrected chi connectivity index (χ1v) is 5.55. The molecular weight excluding hydrogens is 206 g/mol. The van der Waals surface area contributed by atoms with E-state index in [9.17, 15) is 9.59 Å². The summed E-state index contributed by atoms with van der Waals surface area (Å²) >= 11 is 0. The van der Waals surface area contributed by atoms with Crippen molar-refractivity contribution in [3.63, 3.8) is 0 Å². The van der Waals surface area contributed by atoms with Gasteiger partial charge in [-0.3, -0.25) is 9.59 Å². The van der Waals surface area contributed by atoms with Crippen molar-refractivity contribution in [2.24, 2.45) is 11.8 Å². The number of carbonyl (C=O) groups excluding carboxylic acids is 1. The SMILES string of the molecule is C#CCN(CC)C(=O)[C@@H]1CC[C@H](C(=O)O)C1. The summed E-state index contributed by atoms with van der Waals surface area (Å²) in [4.78, 5) is 24.4. The van der Waals surface area contributed by atoms with Crippen LogP contribution in [0.25, 0.3) is 0 Å². The molecule has 1 fully saturated rings. The number of carbonyl (C=O) groups is 2. The van der Waals surface area contributed by atoms with Crippen molar-refractivity contribution in [3.05, 3.63) is 0 Å². The van der Waals surface area contributed by atoms with Crippen molar-refractivity contribution < 1.29 is 14.7 Å². The lowest BCUT2D eigenvalue weighted by Gasteiger charge is -2.21. The molecule has 0 unspecified atom stereocenters. The number of hydrogen-bond acceptors (Lipinski definition) is 2. The fraction of sp³-hybridized carbons (Fsp3) is 0.667. The Labute approximate surface area is 95.6 Å². The van der Waals surface area contributed by atoms with Crippen LogP contribution in [0.3, 0.4) is 0 Å². The molecule has 0 heterocycles. The van der Waals surface area contributed by atoms with Gasteiger partial charge >= 0.3 is 5.97 Å². The third kappa shape index (κ3) is 2.75. The van der Waals surface area contributed by atoms with E-state index in [4.69, 9.17) is 11.5 Å². The number of nitrogens with zero attached hydrogens (tertiary/aromatic N) is 1. The lowest BCUT2D eigenvalue weighted by atomic mass is 10.0. The second-order valence-corrected chi connectivity index (χ2v) is 4.10. The van der Waals surface area contributed by atoms with Gasteiger partial charge in [-0.2, -0.15) is 0 Å². The normalized spacial score (nSPS) is 23.8. The molecule has 0 aromatic rings. The maximum Gasteiger partial charge on any atom is 0.306 e. The van der Waals surface area contributed by atoms with Gasteiger partial charge in [-0.15, -0.1) is 6.42 Å². The lowest BCUT2D eigenvalue weighted by molar-refractivity contribution is -0.141.